The molecule has 3 atom stereocenters. The molecule has 0 spiro atoms. The van der Waals surface area contributed by atoms with Crippen LogP contribution >= 0.6 is 0 Å². The van der Waals surface area contributed by atoms with Gasteiger partial charge in [0.2, 0.25) is 0 Å². The lowest BCUT2D eigenvalue weighted by Crippen LogP contribution is -2.46. The fraction of sp³-hybridized carbons (Fsp3) is 1.00. The van der Waals surface area contributed by atoms with Crippen LogP contribution in [0.4, 0.5) is 0 Å². The maximum atomic E-state index is 5.70. The monoisotopic (exact) mass is 226 g/mol. The Morgan fingerprint density at radius 3 is 3.00 bits per heavy atom. The van der Waals surface area contributed by atoms with E-state index in [1.54, 1.807) is 0 Å². The molecule has 1 aliphatic heterocycles. The summed E-state index contributed by atoms with van der Waals surface area (Å²) in [7, 11) is 0. The topological polar surface area (TPSA) is 33.3 Å². The molecule has 2 rings (SSSR count). The minimum Gasteiger partial charge on any atom is -0.374 e. The van der Waals surface area contributed by atoms with Crippen molar-refractivity contribution in [3.8, 4) is 0 Å². The zero-order chi connectivity index (χ0) is 11.2. The summed E-state index contributed by atoms with van der Waals surface area (Å²) < 4.78 is 5.70. The van der Waals surface area contributed by atoms with Gasteiger partial charge in [-0.1, -0.05) is 19.8 Å². The van der Waals surface area contributed by atoms with E-state index < -0.39 is 0 Å². The molecule has 94 valence electrons. The largest absolute Gasteiger partial charge is 0.374 e. The summed E-state index contributed by atoms with van der Waals surface area (Å²) in [6.07, 6.45) is 7.28. The Kier molecular flexibility index (Phi) is 5.07. The number of hydrogen-bond donors (Lipinski definition) is 2. The molecule has 1 saturated heterocycles. The van der Waals surface area contributed by atoms with Gasteiger partial charge >= 0.3 is 0 Å². The van der Waals surface area contributed by atoms with Gasteiger partial charge in [0.25, 0.3) is 0 Å². The first-order valence-electron chi connectivity index (χ1n) is 6.90. The van der Waals surface area contributed by atoms with Crippen LogP contribution in [0.3, 0.4) is 0 Å². The van der Waals surface area contributed by atoms with Gasteiger partial charge in [0.1, 0.15) is 0 Å². The second kappa shape index (κ2) is 6.58. The molecule has 0 aromatic carbocycles. The standard InChI is InChI=1S/C13H26N2O/c1-11-3-2-4-12(6-5-11)15-10-13-9-14-7-8-16-13/h11-15H,2-10H2,1H3. The van der Waals surface area contributed by atoms with E-state index in [-0.39, 0.29) is 0 Å². The lowest BCUT2D eigenvalue weighted by molar-refractivity contribution is 0.0272. The molecule has 3 nitrogen and oxygen atoms in total. The first-order valence-corrected chi connectivity index (χ1v) is 6.90. The Hall–Kier alpha value is -0.120. The van der Waals surface area contributed by atoms with Crippen LogP contribution in [-0.4, -0.2) is 38.4 Å². The van der Waals surface area contributed by atoms with E-state index in [1.165, 1.54) is 32.1 Å². The summed E-state index contributed by atoms with van der Waals surface area (Å²) in [6.45, 7) is 6.30. The van der Waals surface area contributed by atoms with E-state index in [1.807, 2.05) is 0 Å². The molecule has 0 aromatic heterocycles. The fourth-order valence-corrected chi connectivity index (χ4v) is 2.74. The summed E-state index contributed by atoms with van der Waals surface area (Å²) in [4.78, 5) is 0. The van der Waals surface area contributed by atoms with Gasteiger partial charge in [-0.25, -0.2) is 0 Å². The van der Waals surface area contributed by atoms with Crippen LogP contribution in [0.2, 0.25) is 0 Å². The molecule has 2 N–H and O–H groups in total. The van der Waals surface area contributed by atoms with Crippen molar-refractivity contribution in [2.24, 2.45) is 5.92 Å². The summed E-state index contributed by atoms with van der Waals surface area (Å²) >= 11 is 0. The third-order valence-electron chi connectivity index (χ3n) is 3.90. The maximum Gasteiger partial charge on any atom is 0.0824 e. The van der Waals surface area contributed by atoms with Crippen LogP contribution in [0, 0.1) is 5.92 Å². The van der Waals surface area contributed by atoms with Crippen LogP contribution in [0.5, 0.6) is 0 Å². The zero-order valence-electron chi connectivity index (χ0n) is 10.5. The molecular formula is C13H26N2O. The highest BCUT2D eigenvalue weighted by Gasteiger charge is 2.18. The molecule has 0 radical (unpaired) electrons. The second-order valence-corrected chi connectivity index (χ2v) is 5.42. The van der Waals surface area contributed by atoms with Gasteiger partial charge in [-0.3, -0.25) is 0 Å². The van der Waals surface area contributed by atoms with Gasteiger partial charge in [-0.2, -0.15) is 0 Å². The fourth-order valence-electron chi connectivity index (χ4n) is 2.74. The molecule has 0 aromatic rings. The van der Waals surface area contributed by atoms with Crippen molar-refractivity contribution in [2.75, 3.05) is 26.2 Å². The molecular weight excluding hydrogens is 200 g/mol. The molecule has 2 fully saturated rings. The molecule has 2 aliphatic rings. The summed E-state index contributed by atoms with van der Waals surface area (Å²) in [5.74, 6) is 0.930. The second-order valence-electron chi connectivity index (χ2n) is 5.42. The Morgan fingerprint density at radius 2 is 2.19 bits per heavy atom. The van der Waals surface area contributed by atoms with Gasteiger partial charge in [-0.15, -0.1) is 0 Å². The van der Waals surface area contributed by atoms with Gasteiger partial charge < -0.3 is 15.4 Å². The van der Waals surface area contributed by atoms with Crippen molar-refractivity contribution in [3.05, 3.63) is 0 Å². The lowest BCUT2D eigenvalue weighted by atomic mass is 10.0. The molecule has 1 heterocycles. The smallest absolute Gasteiger partial charge is 0.0824 e. The van der Waals surface area contributed by atoms with Gasteiger partial charge in [0.05, 0.1) is 12.7 Å². The maximum absolute atomic E-state index is 5.70. The Balaban J connectivity index is 1.64. The predicted molar refractivity (Wildman–Crippen MR) is 66.6 cm³/mol. The van der Waals surface area contributed by atoms with Crippen molar-refractivity contribution >= 4 is 0 Å². The molecule has 3 unspecified atom stereocenters. The highest BCUT2D eigenvalue weighted by molar-refractivity contribution is 4.76. The highest BCUT2D eigenvalue weighted by atomic mass is 16.5. The average Bonchev–Trinajstić information content (AvgIpc) is 2.53. The van der Waals surface area contributed by atoms with Gasteiger partial charge in [0.15, 0.2) is 0 Å². The summed E-state index contributed by atoms with van der Waals surface area (Å²) in [5, 5.41) is 7.06. The van der Waals surface area contributed by atoms with Crippen molar-refractivity contribution in [1.82, 2.24) is 10.6 Å². The lowest BCUT2D eigenvalue weighted by Gasteiger charge is -2.26. The Bertz CT molecular complexity index is 192. The van der Waals surface area contributed by atoms with Crippen LogP contribution < -0.4 is 10.6 Å². The summed E-state index contributed by atoms with van der Waals surface area (Å²) in [6, 6.07) is 0.732. The van der Waals surface area contributed by atoms with Crippen molar-refractivity contribution in [3.63, 3.8) is 0 Å². The van der Waals surface area contributed by atoms with Crippen molar-refractivity contribution in [1.29, 1.82) is 0 Å². The third-order valence-corrected chi connectivity index (χ3v) is 3.90. The third kappa shape index (κ3) is 4.04. The van der Waals surface area contributed by atoms with Crippen LogP contribution in [0.25, 0.3) is 0 Å². The van der Waals surface area contributed by atoms with Crippen LogP contribution in [0.15, 0.2) is 0 Å². The number of morpholine rings is 1. The summed E-state index contributed by atoms with van der Waals surface area (Å²) in [5.41, 5.74) is 0. The first kappa shape index (κ1) is 12.3. The van der Waals surface area contributed by atoms with Gasteiger partial charge in [0, 0.05) is 25.7 Å². The minimum atomic E-state index is 0.384. The van der Waals surface area contributed by atoms with E-state index in [0.717, 1.165) is 38.2 Å². The number of hydrogen-bond acceptors (Lipinski definition) is 3. The Labute approximate surface area is 99.3 Å². The highest BCUT2D eigenvalue weighted by Crippen LogP contribution is 2.22. The SMILES string of the molecule is CC1CCCC(NCC2CNCCO2)CC1. The molecule has 3 heteroatoms. The molecule has 1 aliphatic carbocycles. The number of ether oxygens (including phenoxy) is 1. The number of nitrogens with one attached hydrogen (secondary N) is 2. The zero-order valence-corrected chi connectivity index (χ0v) is 10.5. The molecule has 1 saturated carbocycles. The van der Waals surface area contributed by atoms with E-state index in [4.69, 9.17) is 4.74 Å². The quantitative estimate of drug-likeness (QED) is 0.716. The minimum absolute atomic E-state index is 0.384. The van der Waals surface area contributed by atoms with Crippen LogP contribution in [0.1, 0.15) is 39.0 Å². The molecule has 16 heavy (non-hydrogen) atoms. The van der Waals surface area contributed by atoms with Crippen molar-refractivity contribution < 1.29 is 4.74 Å². The Morgan fingerprint density at radius 1 is 1.25 bits per heavy atom. The molecule has 0 amide bonds. The van der Waals surface area contributed by atoms with Crippen LogP contribution in [-0.2, 0) is 4.74 Å². The molecule has 0 bridgehead atoms. The van der Waals surface area contributed by atoms with E-state index >= 15 is 0 Å². The van der Waals surface area contributed by atoms with E-state index in [2.05, 4.69) is 17.6 Å². The van der Waals surface area contributed by atoms with E-state index in [9.17, 15) is 0 Å². The first-order chi connectivity index (χ1) is 7.84. The van der Waals surface area contributed by atoms with E-state index in [0.29, 0.717) is 6.10 Å². The normalized spacial score (nSPS) is 36.9. The average molecular weight is 226 g/mol. The van der Waals surface area contributed by atoms with Crippen molar-refractivity contribution in [2.45, 2.75) is 51.2 Å². The predicted octanol–water partition coefficient (Wildman–Crippen LogP) is 1.53. The number of rotatable bonds is 3. The van der Waals surface area contributed by atoms with Gasteiger partial charge in [-0.05, 0) is 25.2 Å².